The molecule has 1 unspecified atom stereocenters. The summed E-state index contributed by atoms with van der Waals surface area (Å²) in [5.41, 5.74) is 7.92. The first-order valence-corrected chi connectivity index (χ1v) is 6.20. The summed E-state index contributed by atoms with van der Waals surface area (Å²) >= 11 is 0. The van der Waals surface area contributed by atoms with Crippen LogP contribution in [0.5, 0.6) is 5.75 Å². The van der Waals surface area contributed by atoms with E-state index in [1.54, 1.807) is 14.0 Å². The molecule has 100 valence electrons. The Morgan fingerprint density at radius 2 is 2.11 bits per heavy atom. The Labute approximate surface area is 108 Å². The summed E-state index contributed by atoms with van der Waals surface area (Å²) in [4.78, 5) is 11.5. The van der Waals surface area contributed by atoms with Gasteiger partial charge in [0, 0.05) is 6.42 Å². The van der Waals surface area contributed by atoms with Gasteiger partial charge >= 0.3 is 5.97 Å². The Morgan fingerprint density at radius 3 is 2.67 bits per heavy atom. The van der Waals surface area contributed by atoms with E-state index >= 15 is 0 Å². The van der Waals surface area contributed by atoms with Gasteiger partial charge in [0.05, 0.1) is 13.7 Å². The molecule has 0 fully saturated rings. The van der Waals surface area contributed by atoms with E-state index in [1.807, 2.05) is 18.2 Å². The van der Waals surface area contributed by atoms with Gasteiger partial charge in [-0.15, -0.1) is 0 Å². The van der Waals surface area contributed by atoms with Gasteiger partial charge in [-0.25, -0.2) is 0 Å². The SMILES string of the molecule is CCOC(=O)C(N)Cc1ccc(CC)cc1OC. The van der Waals surface area contributed by atoms with Crippen molar-refractivity contribution in [1.82, 2.24) is 0 Å². The van der Waals surface area contributed by atoms with Crippen LogP contribution >= 0.6 is 0 Å². The fourth-order valence-electron chi connectivity index (χ4n) is 1.75. The van der Waals surface area contributed by atoms with Gasteiger partial charge in [0.2, 0.25) is 0 Å². The Hall–Kier alpha value is -1.55. The Morgan fingerprint density at radius 1 is 1.39 bits per heavy atom. The highest BCUT2D eigenvalue weighted by atomic mass is 16.5. The molecule has 0 amide bonds. The summed E-state index contributed by atoms with van der Waals surface area (Å²) in [6, 6.07) is 5.31. The first-order chi connectivity index (χ1) is 8.62. The normalized spacial score (nSPS) is 12.0. The third kappa shape index (κ3) is 3.74. The van der Waals surface area contributed by atoms with E-state index in [9.17, 15) is 4.79 Å². The fraction of sp³-hybridized carbons (Fsp3) is 0.500. The molecule has 1 atom stereocenters. The number of methoxy groups -OCH3 is 1. The smallest absolute Gasteiger partial charge is 0.323 e. The van der Waals surface area contributed by atoms with Crippen LogP contribution in [0.15, 0.2) is 18.2 Å². The van der Waals surface area contributed by atoms with Crippen molar-refractivity contribution in [1.29, 1.82) is 0 Å². The molecule has 0 saturated heterocycles. The second-order valence-electron chi connectivity index (χ2n) is 4.06. The highest BCUT2D eigenvalue weighted by Crippen LogP contribution is 2.22. The Balaban J connectivity index is 2.80. The van der Waals surface area contributed by atoms with Crippen LogP contribution in [0.25, 0.3) is 0 Å². The van der Waals surface area contributed by atoms with Crippen LogP contribution in [0.2, 0.25) is 0 Å². The number of rotatable bonds is 6. The maximum absolute atomic E-state index is 11.5. The van der Waals surface area contributed by atoms with Crippen LogP contribution in [0.3, 0.4) is 0 Å². The number of benzene rings is 1. The van der Waals surface area contributed by atoms with Crippen LogP contribution in [0, 0.1) is 0 Å². The van der Waals surface area contributed by atoms with Crippen molar-refractivity contribution >= 4 is 5.97 Å². The number of aryl methyl sites for hydroxylation is 1. The summed E-state index contributed by atoms with van der Waals surface area (Å²) in [6.45, 7) is 4.19. The van der Waals surface area contributed by atoms with Crippen molar-refractivity contribution in [2.45, 2.75) is 32.7 Å². The Kier molecular flexibility index (Phi) is 5.65. The third-order valence-electron chi connectivity index (χ3n) is 2.79. The zero-order valence-electron chi connectivity index (χ0n) is 11.2. The minimum Gasteiger partial charge on any atom is -0.496 e. The van der Waals surface area contributed by atoms with E-state index < -0.39 is 6.04 Å². The number of carbonyl (C=O) groups excluding carboxylic acids is 1. The molecular formula is C14H21NO3. The number of carbonyl (C=O) groups is 1. The highest BCUT2D eigenvalue weighted by Gasteiger charge is 2.17. The molecular weight excluding hydrogens is 230 g/mol. The molecule has 4 nitrogen and oxygen atoms in total. The highest BCUT2D eigenvalue weighted by molar-refractivity contribution is 5.76. The predicted molar refractivity (Wildman–Crippen MR) is 70.7 cm³/mol. The van der Waals surface area contributed by atoms with E-state index in [2.05, 4.69) is 6.92 Å². The predicted octanol–water partition coefficient (Wildman–Crippen LogP) is 1.69. The minimum absolute atomic E-state index is 0.346. The molecule has 18 heavy (non-hydrogen) atoms. The lowest BCUT2D eigenvalue weighted by atomic mass is 10.0. The Bertz CT molecular complexity index is 404. The van der Waals surface area contributed by atoms with Gasteiger partial charge in [-0.2, -0.15) is 0 Å². The maximum Gasteiger partial charge on any atom is 0.323 e. The van der Waals surface area contributed by atoms with Crippen LogP contribution in [-0.2, 0) is 22.4 Å². The number of esters is 1. The molecule has 1 aromatic rings. The lowest BCUT2D eigenvalue weighted by Crippen LogP contribution is -2.34. The summed E-state index contributed by atoms with van der Waals surface area (Å²) in [6.07, 6.45) is 1.37. The quantitative estimate of drug-likeness (QED) is 0.782. The van der Waals surface area contributed by atoms with Gasteiger partial charge in [-0.05, 0) is 30.5 Å². The molecule has 0 aromatic heterocycles. The van der Waals surface area contributed by atoms with E-state index in [0.29, 0.717) is 13.0 Å². The molecule has 1 aromatic carbocycles. The molecule has 0 aliphatic carbocycles. The van der Waals surface area contributed by atoms with Gasteiger partial charge in [-0.1, -0.05) is 19.1 Å². The minimum atomic E-state index is -0.647. The monoisotopic (exact) mass is 251 g/mol. The lowest BCUT2D eigenvalue weighted by Gasteiger charge is -2.14. The molecule has 0 heterocycles. The third-order valence-corrected chi connectivity index (χ3v) is 2.79. The topological polar surface area (TPSA) is 61.5 Å². The van der Waals surface area contributed by atoms with E-state index in [0.717, 1.165) is 17.7 Å². The number of hydrogen-bond donors (Lipinski definition) is 1. The zero-order valence-corrected chi connectivity index (χ0v) is 11.2. The van der Waals surface area contributed by atoms with Gasteiger partial charge in [0.15, 0.2) is 0 Å². The summed E-state index contributed by atoms with van der Waals surface area (Å²) in [5, 5.41) is 0. The molecule has 1 rings (SSSR count). The maximum atomic E-state index is 11.5. The molecule has 0 spiro atoms. The first kappa shape index (κ1) is 14.5. The summed E-state index contributed by atoms with van der Waals surface area (Å²) in [7, 11) is 1.62. The second-order valence-corrected chi connectivity index (χ2v) is 4.06. The number of ether oxygens (including phenoxy) is 2. The van der Waals surface area contributed by atoms with E-state index in [4.69, 9.17) is 15.2 Å². The average molecular weight is 251 g/mol. The van der Waals surface area contributed by atoms with Crippen LogP contribution in [-0.4, -0.2) is 25.7 Å². The fourth-order valence-corrected chi connectivity index (χ4v) is 1.75. The molecule has 0 aliphatic heterocycles. The van der Waals surface area contributed by atoms with Gasteiger partial charge in [-0.3, -0.25) is 4.79 Å². The summed E-state index contributed by atoms with van der Waals surface area (Å²) in [5.74, 6) is 0.396. The zero-order chi connectivity index (χ0) is 13.5. The van der Waals surface area contributed by atoms with Gasteiger partial charge in [0.1, 0.15) is 11.8 Å². The van der Waals surface area contributed by atoms with Crippen molar-refractivity contribution in [3.05, 3.63) is 29.3 Å². The van der Waals surface area contributed by atoms with E-state index in [1.165, 1.54) is 5.56 Å². The molecule has 0 aliphatic rings. The molecule has 2 N–H and O–H groups in total. The van der Waals surface area contributed by atoms with Crippen LogP contribution in [0.1, 0.15) is 25.0 Å². The van der Waals surface area contributed by atoms with Gasteiger partial charge in [0.25, 0.3) is 0 Å². The molecule has 4 heteroatoms. The summed E-state index contributed by atoms with van der Waals surface area (Å²) < 4.78 is 10.2. The number of nitrogens with two attached hydrogens (primary N) is 1. The van der Waals surface area contributed by atoms with Crippen LogP contribution in [0.4, 0.5) is 0 Å². The van der Waals surface area contributed by atoms with Crippen molar-refractivity contribution < 1.29 is 14.3 Å². The second kappa shape index (κ2) is 7.01. The standard InChI is InChI=1S/C14H21NO3/c1-4-10-6-7-11(13(8-10)17-3)9-12(15)14(16)18-5-2/h6-8,12H,4-5,9,15H2,1-3H3. The van der Waals surface area contributed by atoms with Crippen molar-refractivity contribution in [2.75, 3.05) is 13.7 Å². The van der Waals surface area contributed by atoms with Crippen LogP contribution < -0.4 is 10.5 Å². The first-order valence-electron chi connectivity index (χ1n) is 6.20. The molecule has 0 bridgehead atoms. The lowest BCUT2D eigenvalue weighted by molar-refractivity contribution is -0.144. The average Bonchev–Trinajstić information content (AvgIpc) is 2.39. The molecule has 0 saturated carbocycles. The number of hydrogen-bond acceptors (Lipinski definition) is 4. The van der Waals surface area contributed by atoms with Crippen molar-refractivity contribution in [3.63, 3.8) is 0 Å². The van der Waals surface area contributed by atoms with Crippen molar-refractivity contribution in [2.24, 2.45) is 5.73 Å². The van der Waals surface area contributed by atoms with Crippen molar-refractivity contribution in [3.8, 4) is 5.75 Å². The largest absolute Gasteiger partial charge is 0.496 e. The van der Waals surface area contributed by atoms with Gasteiger partial charge < -0.3 is 15.2 Å². The van der Waals surface area contributed by atoms with E-state index in [-0.39, 0.29) is 5.97 Å². The molecule has 0 radical (unpaired) electrons.